The zero-order valence-corrected chi connectivity index (χ0v) is 11.5. The third-order valence-electron chi connectivity index (χ3n) is 2.25. The van der Waals surface area contributed by atoms with E-state index in [9.17, 15) is 14.5 Å². The van der Waals surface area contributed by atoms with Gasteiger partial charge < -0.3 is 19.6 Å². The Morgan fingerprint density at radius 1 is 1.26 bits per heavy atom. The van der Waals surface area contributed by atoms with Gasteiger partial charge in [-0.1, -0.05) is 18.2 Å². The summed E-state index contributed by atoms with van der Waals surface area (Å²) in [5.74, 6) is -2.48. The van der Waals surface area contributed by atoms with Gasteiger partial charge in [-0.2, -0.15) is 0 Å². The summed E-state index contributed by atoms with van der Waals surface area (Å²) in [5, 5.41) is 17.8. The fraction of sp³-hybridized carbons (Fsp3) is 0.273. The lowest BCUT2D eigenvalue weighted by Crippen LogP contribution is -2.25. The number of carbonyl (C=O) groups is 2. The van der Waals surface area contributed by atoms with Crippen molar-refractivity contribution in [2.75, 3.05) is 0 Å². The van der Waals surface area contributed by atoms with Crippen LogP contribution in [0.3, 0.4) is 0 Å². The summed E-state index contributed by atoms with van der Waals surface area (Å²) in [5.41, 5.74) is 0. The highest BCUT2D eigenvalue weighted by atomic mass is 32.5. The lowest BCUT2D eigenvalue weighted by atomic mass is 10.2. The van der Waals surface area contributed by atoms with Gasteiger partial charge in [-0.05, 0) is 30.4 Å². The fourth-order valence-corrected chi connectivity index (χ4v) is 3.21. The molecule has 1 aromatic carbocycles. The molecule has 0 heterocycles. The minimum atomic E-state index is -3.46. The van der Waals surface area contributed by atoms with Crippen molar-refractivity contribution in [2.45, 2.75) is 18.9 Å². The summed E-state index contributed by atoms with van der Waals surface area (Å²) in [6.45, 7) is -3.46. The standard InChI is InChI=1S/C11H13O6PS/c12-10(13)7-6-9(11(14)15)17-18(16,19)8-4-2-1-3-5-8/h1-5,9H,6-7H2,(H,12,13)(H,14,15)(H,16,19). The fourth-order valence-electron chi connectivity index (χ4n) is 1.33. The molecule has 0 aliphatic heterocycles. The molecule has 0 amide bonds. The van der Waals surface area contributed by atoms with Crippen LogP contribution in [0.2, 0.25) is 0 Å². The normalized spacial score (nSPS) is 15.4. The van der Waals surface area contributed by atoms with Crippen molar-refractivity contribution < 1.29 is 29.2 Å². The van der Waals surface area contributed by atoms with E-state index in [1.807, 2.05) is 0 Å². The second-order valence-corrected chi connectivity index (χ2v) is 6.97. The Labute approximate surface area is 114 Å². The maximum atomic E-state index is 11.0. The topological polar surface area (TPSA) is 104 Å². The van der Waals surface area contributed by atoms with Crippen LogP contribution in [0.15, 0.2) is 30.3 Å². The summed E-state index contributed by atoms with van der Waals surface area (Å²) < 4.78 is 5.05. The van der Waals surface area contributed by atoms with Gasteiger partial charge in [0.05, 0.1) is 0 Å². The van der Waals surface area contributed by atoms with Crippen LogP contribution in [0, 0.1) is 0 Å². The Morgan fingerprint density at radius 2 is 1.84 bits per heavy atom. The summed E-state index contributed by atoms with van der Waals surface area (Å²) in [6, 6.07) is 8.08. The highest BCUT2D eigenvalue weighted by molar-refractivity contribution is 8.13. The summed E-state index contributed by atoms with van der Waals surface area (Å²) in [4.78, 5) is 31.5. The van der Waals surface area contributed by atoms with Crippen LogP contribution in [-0.4, -0.2) is 33.1 Å². The van der Waals surface area contributed by atoms with Crippen molar-refractivity contribution >= 4 is 35.5 Å². The van der Waals surface area contributed by atoms with E-state index in [-0.39, 0.29) is 12.8 Å². The van der Waals surface area contributed by atoms with Crippen molar-refractivity contribution in [3.8, 4) is 0 Å². The van der Waals surface area contributed by atoms with Crippen LogP contribution in [0.25, 0.3) is 0 Å². The van der Waals surface area contributed by atoms with Gasteiger partial charge in [0, 0.05) is 11.7 Å². The van der Waals surface area contributed by atoms with Crippen molar-refractivity contribution in [1.82, 2.24) is 0 Å². The van der Waals surface area contributed by atoms with Gasteiger partial charge in [0.25, 0.3) is 0 Å². The van der Waals surface area contributed by atoms with Crippen molar-refractivity contribution in [2.24, 2.45) is 0 Å². The molecular weight excluding hydrogens is 291 g/mol. The largest absolute Gasteiger partial charge is 0.481 e. The molecule has 1 rings (SSSR count). The van der Waals surface area contributed by atoms with E-state index >= 15 is 0 Å². The molecule has 0 aromatic heterocycles. The Balaban J connectivity index is 2.81. The lowest BCUT2D eigenvalue weighted by molar-refractivity contribution is -0.146. The number of carboxylic acids is 2. The van der Waals surface area contributed by atoms with E-state index in [4.69, 9.17) is 26.5 Å². The molecule has 0 fully saturated rings. The van der Waals surface area contributed by atoms with Gasteiger partial charge in [0.15, 0.2) is 6.10 Å². The number of hydrogen-bond acceptors (Lipinski definition) is 4. The summed E-state index contributed by atoms with van der Waals surface area (Å²) in [7, 11) is 0. The predicted molar refractivity (Wildman–Crippen MR) is 72.0 cm³/mol. The van der Waals surface area contributed by atoms with Crippen molar-refractivity contribution in [3.63, 3.8) is 0 Å². The maximum Gasteiger partial charge on any atom is 0.333 e. The molecule has 19 heavy (non-hydrogen) atoms. The molecule has 0 bridgehead atoms. The van der Waals surface area contributed by atoms with Crippen LogP contribution in [-0.2, 0) is 25.9 Å². The molecule has 2 unspecified atom stereocenters. The number of rotatable bonds is 7. The number of aliphatic carboxylic acids is 2. The van der Waals surface area contributed by atoms with E-state index in [1.165, 1.54) is 12.1 Å². The minimum Gasteiger partial charge on any atom is -0.481 e. The van der Waals surface area contributed by atoms with Gasteiger partial charge in [-0.3, -0.25) is 4.79 Å². The monoisotopic (exact) mass is 304 g/mol. The third-order valence-corrected chi connectivity index (χ3v) is 4.63. The molecule has 2 atom stereocenters. The van der Waals surface area contributed by atoms with E-state index in [1.54, 1.807) is 18.2 Å². The first-order valence-corrected chi connectivity index (χ1v) is 8.01. The Kier molecular flexibility index (Phi) is 5.62. The first-order chi connectivity index (χ1) is 8.83. The van der Waals surface area contributed by atoms with E-state index in [2.05, 4.69) is 0 Å². The molecule has 0 spiro atoms. The summed E-state index contributed by atoms with van der Waals surface area (Å²) in [6.07, 6.45) is -2.07. The second-order valence-electron chi connectivity index (χ2n) is 3.72. The van der Waals surface area contributed by atoms with Crippen LogP contribution in [0.4, 0.5) is 0 Å². The first kappa shape index (κ1) is 15.8. The average Bonchev–Trinajstić information content (AvgIpc) is 2.35. The Hall–Kier alpha value is -1.27. The van der Waals surface area contributed by atoms with Gasteiger partial charge in [0.2, 0.25) is 6.49 Å². The van der Waals surface area contributed by atoms with Crippen molar-refractivity contribution in [3.05, 3.63) is 30.3 Å². The number of hydrogen-bond donors (Lipinski definition) is 3. The van der Waals surface area contributed by atoms with E-state index in [0.29, 0.717) is 5.30 Å². The molecule has 8 heteroatoms. The van der Waals surface area contributed by atoms with Gasteiger partial charge in [-0.25, -0.2) is 4.79 Å². The quantitative estimate of drug-likeness (QED) is 0.644. The smallest absolute Gasteiger partial charge is 0.333 e. The molecule has 0 aliphatic rings. The van der Waals surface area contributed by atoms with Gasteiger partial charge >= 0.3 is 11.9 Å². The minimum absolute atomic E-state index is 0.254. The molecule has 104 valence electrons. The Morgan fingerprint density at radius 3 is 2.32 bits per heavy atom. The molecule has 3 N–H and O–H groups in total. The molecule has 0 saturated heterocycles. The third kappa shape index (κ3) is 5.08. The number of carboxylic acid groups (broad SMARTS) is 2. The van der Waals surface area contributed by atoms with E-state index in [0.717, 1.165) is 0 Å². The van der Waals surface area contributed by atoms with E-state index < -0.39 is 24.5 Å². The highest BCUT2D eigenvalue weighted by Gasteiger charge is 2.28. The molecule has 6 nitrogen and oxygen atoms in total. The molecule has 0 saturated carbocycles. The molecule has 1 aromatic rings. The molecule has 0 aliphatic carbocycles. The zero-order valence-electron chi connectivity index (χ0n) is 9.80. The maximum absolute atomic E-state index is 11.0. The van der Waals surface area contributed by atoms with Crippen molar-refractivity contribution in [1.29, 1.82) is 0 Å². The molecule has 0 radical (unpaired) electrons. The average molecular weight is 304 g/mol. The first-order valence-electron chi connectivity index (χ1n) is 5.34. The Bertz CT molecular complexity index is 503. The predicted octanol–water partition coefficient (Wildman–Crippen LogP) is 0.948. The van der Waals surface area contributed by atoms with Gasteiger partial charge in [-0.15, -0.1) is 0 Å². The SMILES string of the molecule is O=C(O)CCC(OP(O)(=S)c1ccccc1)C(=O)O. The molecular formula is C11H13O6PS. The highest BCUT2D eigenvalue weighted by Crippen LogP contribution is 2.43. The lowest BCUT2D eigenvalue weighted by Gasteiger charge is -2.20. The van der Waals surface area contributed by atoms with Crippen LogP contribution >= 0.6 is 6.49 Å². The van der Waals surface area contributed by atoms with Crippen LogP contribution in [0.1, 0.15) is 12.8 Å². The van der Waals surface area contributed by atoms with Crippen LogP contribution < -0.4 is 5.30 Å². The van der Waals surface area contributed by atoms with Crippen LogP contribution in [0.5, 0.6) is 0 Å². The second kappa shape index (κ2) is 6.77. The summed E-state index contributed by atoms with van der Waals surface area (Å²) >= 11 is 4.92. The zero-order chi connectivity index (χ0) is 14.5. The number of benzene rings is 1. The van der Waals surface area contributed by atoms with Gasteiger partial charge in [0.1, 0.15) is 0 Å².